The molecule has 1 N–H and O–H groups in total. The fourth-order valence-corrected chi connectivity index (χ4v) is 1.02. The van der Waals surface area contributed by atoms with Crippen molar-refractivity contribution in [2.24, 2.45) is 0 Å². The second-order valence-electron chi connectivity index (χ2n) is 2.83. The highest BCUT2D eigenvalue weighted by molar-refractivity contribution is 5.90. The summed E-state index contributed by atoms with van der Waals surface area (Å²) in [7, 11) is 1.60. The third-order valence-corrected chi connectivity index (χ3v) is 1.66. The molecule has 0 aliphatic rings. The average Bonchev–Trinajstić information content (AvgIpc) is 2.50. The van der Waals surface area contributed by atoms with Gasteiger partial charge in [0.05, 0.1) is 0 Å². The highest BCUT2D eigenvalue weighted by atomic mass is 16.2. The fourth-order valence-electron chi connectivity index (χ4n) is 1.02. The summed E-state index contributed by atoms with van der Waals surface area (Å²) in [5.41, 5.74) is 0. The Morgan fingerprint density at radius 3 is 2.83 bits per heavy atom. The fraction of sp³-hybridized carbons (Fsp3) is 0.500. The molecule has 4 nitrogen and oxygen atoms in total. The van der Waals surface area contributed by atoms with Crippen molar-refractivity contribution in [3.8, 4) is 0 Å². The molecule has 0 aromatic carbocycles. The van der Waals surface area contributed by atoms with E-state index in [0.717, 1.165) is 0 Å². The Kier molecular flexibility index (Phi) is 2.47. The molecule has 0 saturated heterocycles. The second-order valence-corrected chi connectivity index (χ2v) is 2.83. The van der Waals surface area contributed by atoms with Crippen LogP contribution in [0.2, 0.25) is 0 Å². The van der Waals surface area contributed by atoms with Crippen molar-refractivity contribution >= 4 is 5.91 Å². The highest BCUT2D eigenvalue weighted by Gasteiger charge is 2.11. The molecule has 0 saturated carbocycles. The Morgan fingerprint density at radius 1 is 1.67 bits per heavy atom. The number of imidazole rings is 1. The maximum atomic E-state index is 11.2. The summed E-state index contributed by atoms with van der Waals surface area (Å²) in [5.74, 6) is 0.321. The molecule has 0 aliphatic carbocycles. The van der Waals surface area contributed by atoms with Gasteiger partial charge in [0, 0.05) is 25.5 Å². The van der Waals surface area contributed by atoms with E-state index in [2.05, 4.69) is 10.3 Å². The van der Waals surface area contributed by atoms with Crippen LogP contribution in [0.3, 0.4) is 0 Å². The predicted octanol–water partition coefficient (Wildman–Crippen LogP) is 0.824. The molecule has 1 rings (SSSR count). The van der Waals surface area contributed by atoms with Crippen LogP contribution in [-0.2, 0) is 0 Å². The molecule has 12 heavy (non-hydrogen) atoms. The molecular weight excluding hydrogens is 154 g/mol. The quantitative estimate of drug-likeness (QED) is 0.709. The normalized spacial score (nSPS) is 10.3. The molecule has 66 valence electrons. The van der Waals surface area contributed by atoms with Gasteiger partial charge in [-0.15, -0.1) is 0 Å². The number of aromatic nitrogens is 2. The summed E-state index contributed by atoms with van der Waals surface area (Å²) in [6.07, 6.45) is 3.43. The summed E-state index contributed by atoms with van der Waals surface area (Å²) in [6.45, 7) is 4.02. The minimum Gasteiger partial charge on any atom is -0.352 e. The van der Waals surface area contributed by atoms with Crippen molar-refractivity contribution < 1.29 is 4.79 Å². The van der Waals surface area contributed by atoms with Gasteiger partial charge >= 0.3 is 0 Å². The third-order valence-electron chi connectivity index (χ3n) is 1.66. The van der Waals surface area contributed by atoms with Crippen LogP contribution in [0, 0.1) is 0 Å². The molecule has 4 heteroatoms. The lowest BCUT2D eigenvalue weighted by molar-refractivity contribution is 0.0947. The molecule has 0 radical (unpaired) electrons. The molecule has 0 fully saturated rings. The van der Waals surface area contributed by atoms with Crippen LogP contribution in [-0.4, -0.2) is 22.5 Å². The van der Waals surface area contributed by atoms with Crippen molar-refractivity contribution in [1.29, 1.82) is 0 Å². The van der Waals surface area contributed by atoms with E-state index in [-0.39, 0.29) is 11.9 Å². The van der Waals surface area contributed by atoms with E-state index in [1.54, 1.807) is 19.4 Å². The van der Waals surface area contributed by atoms with Gasteiger partial charge in [-0.1, -0.05) is 0 Å². The lowest BCUT2D eigenvalue weighted by Crippen LogP contribution is -2.23. The van der Waals surface area contributed by atoms with Gasteiger partial charge in [-0.3, -0.25) is 4.79 Å². The predicted molar refractivity (Wildman–Crippen MR) is 46.0 cm³/mol. The number of hydrogen-bond acceptors (Lipinski definition) is 2. The lowest BCUT2D eigenvalue weighted by atomic mass is 10.4. The van der Waals surface area contributed by atoms with Crippen molar-refractivity contribution in [2.75, 3.05) is 7.05 Å². The number of nitrogens with zero attached hydrogens (tertiary/aromatic N) is 2. The van der Waals surface area contributed by atoms with Gasteiger partial charge in [-0.05, 0) is 13.8 Å². The molecule has 1 aromatic rings. The zero-order valence-electron chi connectivity index (χ0n) is 7.53. The van der Waals surface area contributed by atoms with Crippen molar-refractivity contribution in [2.45, 2.75) is 19.9 Å². The molecular formula is C8H13N3O. The van der Waals surface area contributed by atoms with Gasteiger partial charge in [0.15, 0.2) is 5.82 Å². The Morgan fingerprint density at radius 2 is 2.33 bits per heavy atom. The van der Waals surface area contributed by atoms with E-state index in [0.29, 0.717) is 5.82 Å². The summed E-state index contributed by atoms with van der Waals surface area (Å²) >= 11 is 0. The SMILES string of the molecule is CNC(=O)c1nccn1C(C)C. The Balaban J connectivity index is 2.99. The number of hydrogen-bond donors (Lipinski definition) is 1. The Labute approximate surface area is 71.6 Å². The van der Waals surface area contributed by atoms with Crippen LogP contribution in [0.15, 0.2) is 12.4 Å². The number of carbonyl (C=O) groups excluding carboxylic acids is 1. The molecule has 0 aliphatic heterocycles. The first kappa shape index (κ1) is 8.77. The van der Waals surface area contributed by atoms with Crippen LogP contribution in [0.1, 0.15) is 30.5 Å². The molecule has 0 unspecified atom stereocenters. The summed E-state index contributed by atoms with van der Waals surface area (Å²) in [4.78, 5) is 15.2. The largest absolute Gasteiger partial charge is 0.352 e. The molecule has 0 spiro atoms. The number of rotatable bonds is 2. The Hall–Kier alpha value is -1.32. The Bertz CT molecular complexity index is 278. The first-order valence-corrected chi connectivity index (χ1v) is 3.91. The van der Waals surface area contributed by atoms with Crippen LogP contribution >= 0.6 is 0 Å². The maximum absolute atomic E-state index is 11.2. The minimum atomic E-state index is -0.145. The summed E-state index contributed by atoms with van der Waals surface area (Å²) in [6, 6.07) is 0.264. The van der Waals surface area contributed by atoms with Crippen molar-refractivity contribution in [3.63, 3.8) is 0 Å². The lowest BCUT2D eigenvalue weighted by Gasteiger charge is -2.09. The molecule has 1 amide bonds. The van der Waals surface area contributed by atoms with E-state index in [1.807, 2.05) is 18.4 Å². The van der Waals surface area contributed by atoms with Crippen LogP contribution in [0.5, 0.6) is 0 Å². The van der Waals surface area contributed by atoms with Gasteiger partial charge < -0.3 is 9.88 Å². The topological polar surface area (TPSA) is 46.9 Å². The van der Waals surface area contributed by atoms with Gasteiger partial charge in [-0.25, -0.2) is 4.98 Å². The van der Waals surface area contributed by atoms with Crippen LogP contribution < -0.4 is 5.32 Å². The maximum Gasteiger partial charge on any atom is 0.287 e. The van der Waals surface area contributed by atoms with Crippen molar-refractivity contribution in [1.82, 2.24) is 14.9 Å². The summed E-state index contributed by atoms with van der Waals surface area (Å²) < 4.78 is 1.83. The van der Waals surface area contributed by atoms with Gasteiger partial charge in [0.1, 0.15) is 0 Å². The van der Waals surface area contributed by atoms with E-state index in [4.69, 9.17) is 0 Å². The van der Waals surface area contributed by atoms with E-state index in [1.165, 1.54) is 0 Å². The standard InChI is InChI=1S/C8H13N3O/c1-6(2)11-5-4-10-7(11)8(12)9-3/h4-6H,1-3H3,(H,9,12). The van der Waals surface area contributed by atoms with Gasteiger partial charge in [0.2, 0.25) is 0 Å². The van der Waals surface area contributed by atoms with E-state index >= 15 is 0 Å². The zero-order valence-corrected chi connectivity index (χ0v) is 7.53. The van der Waals surface area contributed by atoms with E-state index < -0.39 is 0 Å². The van der Waals surface area contributed by atoms with Gasteiger partial charge in [0.25, 0.3) is 5.91 Å². The molecule has 0 atom stereocenters. The first-order valence-electron chi connectivity index (χ1n) is 3.91. The molecule has 0 bridgehead atoms. The van der Waals surface area contributed by atoms with Crippen LogP contribution in [0.25, 0.3) is 0 Å². The number of amides is 1. The highest BCUT2D eigenvalue weighted by Crippen LogP contribution is 2.07. The molecule has 1 heterocycles. The molecule has 1 aromatic heterocycles. The monoisotopic (exact) mass is 167 g/mol. The van der Waals surface area contributed by atoms with E-state index in [9.17, 15) is 4.79 Å². The van der Waals surface area contributed by atoms with Crippen molar-refractivity contribution in [3.05, 3.63) is 18.2 Å². The smallest absolute Gasteiger partial charge is 0.287 e. The van der Waals surface area contributed by atoms with Crippen LogP contribution in [0.4, 0.5) is 0 Å². The third kappa shape index (κ3) is 1.47. The minimum absolute atomic E-state index is 0.145. The number of nitrogens with one attached hydrogen (secondary N) is 1. The first-order chi connectivity index (χ1) is 5.66. The zero-order chi connectivity index (χ0) is 9.14. The number of carbonyl (C=O) groups is 1. The summed E-state index contributed by atoms with van der Waals surface area (Å²) in [5, 5.41) is 2.54. The van der Waals surface area contributed by atoms with Gasteiger partial charge in [-0.2, -0.15) is 0 Å². The second kappa shape index (κ2) is 3.38. The average molecular weight is 167 g/mol.